The topological polar surface area (TPSA) is 50.9 Å². The van der Waals surface area contributed by atoms with Gasteiger partial charge in [0.2, 0.25) is 0 Å². The lowest BCUT2D eigenvalue weighted by Crippen LogP contribution is -2.04. The van der Waals surface area contributed by atoms with Crippen molar-refractivity contribution in [3.8, 4) is 0 Å². The normalized spacial score (nSPS) is 10.5. The summed E-state index contributed by atoms with van der Waals surface area (Å²) >= 11 is 0. The molecule has 4 nitrogen and oxygen atoms in total. The molecule has 1 N–H and O–H groups in total. The molecule has 5 heteroatoms. The van der Waals surface area contributed by atoms with Crippen LogP contribution >= 0.6 is 0 Å². The number of aliphatic hydroxyl groups is 1. The van der Waals surface area contributed by atoms with Crippen LogP contribution in [0.1, 0.15) is 11.4 Å². The zero-order valence-corrected chi connectivity index (χ0v) is 7.97. The van der Waals surface area contributed by atoms with Gasteiger partial charge in [-0.05, 0) is 17.7 Å². The zero-order chi connectivity index (χ0) is 10.7. The summed E-state index contributed by atoms with van der Waals surface area (Å²) in [5.41, 5.74) is 0.810. The molecule has 0 amide bonds. The lowest BCUT2D eigenvalue weighted by Gasteiger charge is -2.04. The van der Waals surface area contributed by atoms with E-state index in [9.17, 15) is 4.39 Å². The summed E-state index contributed by atoms with van der Waals surface area (Å²) in [6, 6.07) is 6.29. The third-order valence-electron chi connectivity index (χ3n) is 2.08. The molecule has 0 aliphatic heterocycles. The van der Waals surface area contributed by atoms with Gasteiger partial charge in [-0.2, -0.15) is 0 Å². The molecule has 0 atom stereocenters. The number of rotatable bonds is 3. The highest BCUT2D eigenvalue weighted by Gasteiger charge is 2.03. The van der Waals surface area contributed by atoms with Crippen molar-refractivity contribution in [2.75, 3.05) is 0 Å². The summed E-state index contributed by atoms with van der Waals surface area (Å²) in [7, 11) is 0. The minimum Gasteiger partial charge on any atom is -0.388 e. The maximum Gasteiger partial charge on any atom is 0.158 e. The van der Waals surface area contributed by atoms with E-state index < -0.39 is 0 Å². The largest absolute Gasteiger partial charge is 0.388 e. The summed E-state index contributed by atoms with van der Waals surface area (Å²) in [5, 5.41) is 16.3. The minimum atomic E-state index is -0.272. The van der Waals surface area contributed by atoms with Crippen LogP contribution in [0.25, 0.3) is 0 Å². The van der Waals surface area contributed by atoms with Crippen LogP contribution in [0.2, 0.25) is 0 Å². The highest BCUT2D eigenvalue weighted by atomic mass is 19.1. The average Bonchev–Trinajstić information content (AvgIpc) is 2.65. The lowest BCUT2D eigenvalue weighted by molar-refractivity contribution is 0.265. The Kier molecular flexibility index (Phi) is 2.73. The second kappa shape index (κ2) is 4.18. The van der Waals surface area contributed by atoms with Gasteiger partial charge in [-0.15, -0.1) is 10.2 Å². The molecule has 2 rings (SSSR count). The summed E-state index contributed by atoms with van der Waals surface area (Å²) in [6.07, 6.45) is 1.51. The summed E-state index contributed by atoms with van der Waals surface area (Å²) in [6.45, 7) is 0.288. The Morgan fingerprint density at radius 3 is 3.00 bits per heavy atom. The molecule has 0 bridgehead atoms. The van der Waals surface area contributed by atoms with Gasteiger partial charge in [0.1, 0.15) is 18.8 Å². The van der Waals surface area contributed by atoms with Gasteiger partial charge in [0.05, 0.1) is 6.54 Å². The quantitative estimate of drug-likeness (QED) is 0.815. The van der Waals surface area contributed by atoms with Crippen molar-refractivity contribution >= 4 is 0 Å². The first-order chi connectivity index (χ1) is 7.29. The molecule has 0 spiro atoms. The third-order valence-corrected chi connectivity index (χ3v) is 2.08. The Labute approximate surface area is 86.0 Å². The molecule has 0 fully saturated rings. The predicted octanol–water partition coefficient (Wildman–Crippen LogP) is 0.958. The highest BCUT2D eigenvalue weighted by molar-refractivity contribution is 5.16. The molecule has 0 radical (unpaired) electrons. The fraction of sp³-hybridized carbons (Fsp3) is 0.200. The number of nitrogens with zero attached hydrogens (tertiary/aromatic N) is 3. The molecule has 0 aliphatic carbocycles. The van der Waals surface area contributed by atoms with E-state index in [4.69, 9.17) is 5.11 Å². The molecule has 0 aliphatic rings. The van der Waals surface area contributed by atoms with Gasteiger partial charge >= 0.3 is 0 Å². The monoisotopic (exact) mass is 207 g/mol. The Morgan fingerprint density at radius 2 is 2.27 bits per heavy atom. The van der Waals surface area contributed by atoms with E-state index in [-0.39, 0.29) is 12.4 Å². The van der Waals surface area contributed by atoms with Crippen molar-refractivity contribution in [2.45, 2.75) is 13.2 Å². The summed E-state index contributed by atoms with van der Waals surface area (Å²) in [4.78, 5) is 0. The molecule has 2 aromatic rings. The molecule has 0 saturated carbocycles. The van der Waals surface area contributed by atoms with Crippen molar-refractivity contribution in [1.29, 1.82) is 0 Å². The Balaban J connectivity index is 2.22. The van der Waals surface area contributed by atoms with Gasteiger partial charge in [0.15, 0.2) is 5.82 Å². The number of hydrogen-bond donors (Lipinski definition) is 1. The molecule has 15 heavy (non-hydrogen) atoms. The van der Waals surface area contributed by atoms with E-state index in [1.54, 1.807) is 10.6 Å². The lowest BCUT2D eigenvalue weighted by atomic mass is 10.2. The van der Waals surface area contributed by atoms with E-state index >= 15 is 0 Å². The average molecular weight is 207 g/mol. The third kappa shape index (κ3) is 2.19. The first-order valence-electron chi connectivity index (χ1n) is 4.51. The molecule has 78 valence electrons. The minimum absolute atomic E-state index is 0.171. The van der Waals surface area contributed by atoms with Crippen molar-refractivity contribution in [3.63, 3.8) is 0 Å². The van der Waals surface area contributed by atoms with Gasteiger partial charge in [0, 0.05) is 0 Å². The Hall–Kier alpha value is -1.75. The Bertz CT molecular complexity index is 455. The van der Waals surface area contributed by atoms with Crippen LogP contribution in [-0.2, 0) is 13.2 Å². The predicted molar refractivity (Wildman–Crippen MR) is 51.4 cm³/mol. The molecule has 0 unspecified atom stereocenters. The fourth-order valence-corrected chi connectivity index (χ4v) is 1.37. The smallest absolute Gasteiger partial charge is 0.158 e. The van der Waals surface area contributed by atoms with Crippen LogP contribution in [0, 0.1) is 5.82 Å². The van der Waals surface area contributed by atoms with Crippen LogP contribution in [0.15, 0.2) is 30.6 Å². The van der Waals surface area contributed by atoms with Crippen molar-refractivity contribution in [3.05, 3.63) is 47.8 Å². The number of benzene rings is 1. The second-order valence-corrected chi connectivity index (χ2v) is 3.16. The molecule has 1 aromatic carbocycles. The van der Waals surface area contributed by atoms with E-state index in [1.807, 2.05) is 6.07 Å². The van der Waals surface area contributed by atoms with Crippen LogP contribution < -0.4 is 0 Å². The molecule has 0 saturated heterocycles. The first kappa shape index (κ1) is 9.79. The van der Waals surface area contributed by atoms with Gasteiger partial charge in [-0.1, -0.05) is 12.1 Å². The maximum atomic E-state index is 12.9. The van der Waals surface area contributed by atoms with Gasteiger partial charge < -0.3 is 9.67 Å². The van der Waals surface area contributed by atoms with E-state index in [1.165, 1.54) is 18.5 Å². The SMILES string of the molecule is OCc1nncn1Cc1cccc(F)c1. The molecule has 1 heterocycles. The van der Waals surface area contributed by atoms with Crippen LogP contribution in [-0.4, -0.2) is 19.9 Å². The number of aliphatic hydroxyl groups excluding tert-OH is 1. The highest BCUT2D eigenvalue weighted by Crippen LogP contribution is 2.06. The number of aromatic nitrogens is 3. The van der Waals surface area contributed by atoms with Crippen molar-refractivity contribution < 1.29 is 9.50 Å². The second-order valence-electron chi connectivity index (χ2n) is 3.16. The molecular weight excluding hydrogens is 197 g/mol. The molecule has 1 aromatic heterocycles. The van der Waals surface area contributed by atoms with Crippen molar-refractivity contribution in [2.24, 2.45) is 0 Å². The summed E-state index contributed by atoms with van der Waals surface area (Å²) < 4.78 is 14.6. The summed E-state index contributed by atoms with van der Waals surface area (Å²) in [5.74, 6) is 0.199. The Morgan fingerprint density at radius 1 is 1.40 bits per heavy atom. The van der Waals surface area contributed by atoms with Crippen molar-refractivity contribution in [1.82, 2.24) is 14.8 Å². The van der Waals surface area contributed by atoms with Gasteiger partial charge in [0.25, 0.3) is 0 Å². The first-order valence-corrected chi connectivity index (χ1v) is 4.51. The van der Waals surface area contributed by atoms with Crippen LogP contribution in [0.3, 0.4) is 0 Å². The maximum absolute atomic E-state index is 12.9. The number of hydrogen-bond acceptors (Lipinski definition) is 3. The van der Waals surface area contributed by atoms with Crippen LogP contribution in [0.5, 0.6) is 0 Å². The fourth-order valence-electron chi connectivity index (χ4n) is 1.37. The molecular formula is C10H10FN3O. The van der Waals surface area contributed by atoms with Gasteiger partial charge in [-0.3, -0.25) is 0 Å². The zero-order valence-electron chi connectivity index (χ0n) is 7.97. The number of halogens is 1. The van der Waals surface area contributed by atoms with E-state index in [2.05, 4.69) is 10.2 Å². The van der Waals surface area contributed by atoms with Crippen LogP contribution in [0.4, 0.5) is 4.39 Å². The standard InChI is InChI=1S/C10H10FN3O/c11-9-3-1-2-8(4-9)5-14-7-12-13-10(14)6-15/h1-4,7,15H,5-6H2. The van der Waals surface area contributed by atoms with Gasteiger partial charge in [-0.25, -0.2) is 4.39 Å². The van der Waals surface area contributed by atoms with E-state index in [0.29, 0.717) is 12.4 Å². The van der Waals surface area contributed by atoms with E-state index in [0.717, 1.165) is 5.56 Å².